The molecule has 0 radical (unpaired) electrons. The van der Waals surface area contributed by atoms with Crippen LogP contribution in [0.3, 0.4) is 0 Å². The van der Waals surface area contributed by atoms with Crippen LogP contribution >= 0.6 is 0 Å². The summed E-state index contributed by atoms with van der Waals surface area (Å²) in [5, 5.41) is 0. The number of rotatable bonds is 5. The Labute approximate surface area is 146 Å². The molecule has 3 aliphatic rings. The summed E-state index contributed by atoms with van der Waals surface area (Å²) in [6.45, 7) is 6.02. The maximum absolute atomic E-state index is 12.4. The molecule has 136 valence electrons. The largest absolute Gasteiger partial charge is 0.472 e. The Morgan fingerprint density at radius 3 is 2.80 bits per heavy atom. The van der Waals surface area contributed by atoms with Gasteiger partial charge < -0.3 is 18.8 Å². The highest BCUT2D eigenvalue weighted by molar-refractivity contribution is 5.94. The molecule has 3 saturated heterocycles. The normalized spacial score (nSPS) is 26.8. The Hall–Kier alpha value is -2.06. The van der Waals surface area contributed by atoms with E-state index in [-0.39, 0.29) is 24.1 Å². The van der Waals surface area contributed by atoms with E-state index in [2.05, 4.69) is 4.90 Å². The average molecular weight is 349 g/mol. The van der Waals surface area contributed by atoms with Gasteiger partial charge in [-0.25, -0.2) is 4.79 Å². The first-order valence-electron chi connectivity index (χ1n) is 8.81. The van der Waals surface area contributed by atoms with Crippen LogP contribution in [0.15, 0.2) is 23.0 Å². The molecule has 1 aromatic heterocycles. The first-order chi connectivity index (χ1) is 12.2. The number of morpholine rings is 1. The van der Waals surface area contributed by atoms with Crippen molar-refractivity contribution >= 4 is 12.0 Å². The summed E-state index contributed by atoms with van der Waals surface area (Å²) in [6, 6.07) is 1.61. The number of hydrogen-bond acceptors (Lipinski definition) is 6. The zero-order valence-corrected chi connectivity index (χ0v) is 14.1. The molecular formula is C17H23N3O5. The van der Waals surface area contributed by atoms with Crippen LogP contribution in [0.4, 0.5) is 4.79 Å². The van der Waals surface area contributed by atoms with Gasteiger partial charge in [-0.3, -0.25) is 14.6 Å². The lowest BCUT2D eigenvalue weighted by Crippen LogP contribution is -2.42. The Kier molecular flexibility index (Phi) is 4.63. The molecule has 3 aliphatic heterocycles. The van der Waals surface area contributed by atoms with Gasteiger partial charge in [-0.05, 0) is 12.5 Å². The number of carbonyl (C=O) groups is 2. The van der Waals surface area contributed by atoms with Gasteiger partial charge in [0.25, 0.3) is 5.91 Å². The second-order valence-corrected chi connectivity index (χ2v) is 6.71. The number of furan rings is 1. The highest BCUT2D eigenvalue weighted by Gasteiger charge is 2.48. The zero-order chi connectivity index (χ0) is 17.2. The van der Waals surface area contributed by atoms with Gasteiger partial charge in [-0.2, -0.15) is 0 Å². The van der Waals surface area contributed by atoms with Gasteiger partial charge >= 0.3 is 6.09 Å². The van der Waals surface area contributed by atoms with E-state index in [0.717, 1.165) is 39.3 Å². The maximum Gasteiger partial charge on any atom is 0.410 e. The van der Waals surface area contributed by atoms with Crippen LogP contribution in [0, 0.1) is 0 Å². The third kappa shape index (κ3) is 3.36. The summed E-state index contributed by atoms with van der Waals surface area (Å²) < 4.78 is 15.8. The fourth-order valence-corrected chi connectivity index (χ4v) is 3.79. The first-order valence-corrected chi connectivity index (χ1v) is 8.81. The van der Waals surface area contributed by atoms with Gasteiger partial charge in [-0.15, -0.1) is 0 Å². The van der Waals surface area contributed by atoms with E-state index in [1.165, 1.54) is 12.5 Å². The quantitative estimate of drug-likeness (QED) is 0.777. The fraction of sp³-hybridized carbons (Fsp3) is 0.647. The summed E-state index contributed by atoms with van der Waals surface area (Å²) in [6.07, 6.45) is 3.35. The Morgan fingerprint density at radius 2 is 2.04 bits per heavy atom. The molecular weight excluding hydrogens is 326 g/mol. The van der Waals surface area contributed by atoms with E-state index in [9.17, 15) is 9.59 Å². The molecule has 8 nitrogen and oxygen atoms in total. The molecule has 4 heterocycles. The lowest BCUT2D eigenvalue weighted by molar-refractivity contribution is 0.0362. The van der Waals surface area contributed by atoms with Crippen molar-refractivity contribution in [2.24, 2.45) is 0 Å². The highest BCUT2D eigenvalue weighted by Crippen LogP contribution is 2.28. The van der Waals surface area contributed by atoms with Crippen molar-refractivity contribution in [2.75, 3.05) is 52.5 Å². The summed E-state index contributed by atoms with van der Waals surface area (Å²) in [5.41, 5.74) is 0.533. The summed E-state index contributed by atoms with van der Waals surface area (Å²) in [7, 11) is 0. The molecule has 0 spiro atoms. The van der Waals surface area contributed by atoms with E-state index >= 15 is 0 Å². The van der Waals surface area contributed by atoms with E-state index < -0.39 is 0 Å². The molecule has 3 fully saturated rings. The van der Waals surface area contributed by atoms with Gasteiger partial charge in [0.1, 0.15) is 12.4 Å². The lowest BCUT2D eigenvalue weighted by atomic mass is 10.2. The van der Waals surface area contributed by atoms with Gasteiger partial charge in [-0.1, -0.05) is 0 Å². The smallest absolute Gasteiger partial charge is 0.410 e. The van der Waals surface area contributed by atoms with Crippen LogP contribution in [-0.4, -0.2) is 91.3 Å². The number of amides is 2. The van der Waals surface area contributed by atoms with E-state index in [1.807, 2.05) is 0 Å². The summed E-state index contributed by atoms with van der Waals surface area (Å²) >= 11 is 0. The van der Waals surface area contributed by atoms with Crippen LogP contribution in [0.2, 0.25) is 0 Å². The van der Waals surface area contributed by atoms with Crippen LogP contribution in [-0.2, 0) is 9.47 Å². The predicted octanol–water partition coefficient (Wildman–Crippen LogP) is 0.647. The van der Waals surface area contributed by atoms with Crippen LogP contribution < -0.4 is 0 Å². The molecule has 0 aromatic carbocycles. The minimum atomic E-state index is -0.257. The number of likely N-dealkylation sites (tertiary alicyclic amines) is 1. The van der Waals surface area contributed by atoms with Crippen molar-refractivity contribution in [3.63, 3.8) is 0 Å². The third-order valence-electron chi connectivity index (χ3n) is 5.16. The third-order valence-corrected chi connectivity index (χ3v) is 5.16. The Bertz CT molecular complexity index is 614. The second kappa shape index (κ2) is 7.05. The molecule has 4 rings (SSSR count). The molecule has 25 heavy (non-hydrogen) atoms. The standard InChI is InChI=1S/C17H23N3O5/c21-16(13-2-7-24-12-13)19-10-14-15(11-19)25-17(22)20(14)4-1-3-18-5-8-23-9-6-18/h2,7,12,14-15H,1,3-6,8-11H2/t14-,15+/m0/s1. The van der Waals surface area contributed by atoms with Crippen molar-refractivity contribution in [1.82, 2.24) is 14.7 Å². The van der Waals surface area contributed by atoms with Crippen molar-refractivity contribution < 1.29 is 23.5 Å². The van der Waals surface area contributed by atoms with Crippen molar-refractivity contribution in [2.45, 2.75) is 18.6 Å². The van der Waals surface area contributed by atoms with Crippen LogP contribution in [0.5, 0.6) is 0 Å². The molecule has 0 bridgehead atoms. The number of fused-ring (bicyclic) bond motifs is 1. The van der Waals surface area contributed by atoms with Gasteiger partial charge in [0, 0.05) is 32.7 Å². The second-order valence-electron chi connectivity index (χ2n) is 6.71. The fourth-order valence-electron chi connectivity index (χ4n) is 3.79. The molecule has 0 saturated carbocycles. The molecule has 0 aliphatic carbocycles. The van der Waals surface area contributed by atoms with E-state index in [0.29, 0.717) is 25.2 Å². The Balaban J connectivity index is 1.31. The van der Waals surface area contributed by atoms with Gasteiger partial charge in [0.05, 0.1) is 37.6 Å². The number of nitrogens with zero attached hydrogens (tertiary/aromatic N) is 3. The first kappa shape index (κ1) is 16.4. The predicted molar refractivity (Wildman–Crippen MR) is 87.3 cm³/mol. The SMILES string of the molecule is O=C(c1ccoc1)N1C[C@H]2OC(=O)N(CCCN3CCOCC3)[C@H]2C1. The van der Waals surface area contributed by atoms with Gasteiger partial charge in [0.2, 0.25) is 0 Å². The van der Waals surface area contributed by atoms with E-state index in [4.69, 9.17) is 13.9 Å². The number of ether oxygens (including phenoxy) is 2. The average Bonchev–Trinajstić information content (AvgIpc) is 3.33. The molecule has 0 N–H and O–H groups in total. The minimum Gasteiger partial charge on any atom is -0.472 e. The summed E-state index contributed by atoms with van der Waals surface area (Å²) in [5.74, 6) is -0.0764. The lowest BCUT2D eigenvalue weighted by Gasteiger charge is -2.28. The molecule has 2 atom stereocenters. The van der Waals surface area contributed by atoms with Crippen molar-refractivity contribution in [3.05, 3.63) is 24.2 Å². The molecule has 8 heteroatoms. The highest BCUT2D eigenvalue weighted by atomic mass is 16.6. The number of hydrogen-bond donors (Lipinski definition) is 0. The maximum atomic E-state index is 12.4. The van der Waals surface area contributed by atoms with Crippen molar-refractivity contribution in [1.29, 1.82) is 0 Å². The zero-order valence-electron chi connectivity index (χ0n) is 14.1. The van der Waals surface area contributed by atoms with Crippen LogP contribution in [0.1, 0.15) is 16.8 Å². The molecule has 2 amide bonds. The number of carbonyl (C=O) groups excluding carboxylic acids is 2. The van der Waals surface area contributed by atoms with Gasteiger partial charge in [0.15, 0.2) is 0 Å². The van der Waals surface area contributed by atoms with E-state index in [1.54, 1.807) is 15.9 Å². The van der Waals surface area contributed by atoms with Crippen molar-refractivity contribution in [3.8, 4) is 0 Å². The monoisotopic (exact) mass is 349 g/mol. The molecule has 1 aromatic rings. The molecule has 0 unspecified atom stereocenters. The minimum absolute atomic E-state index is 0.0481. The Morgan fingerprint density at radius 1 is 1.20 bits per heavy atom. The summed E-state index contributed by atoms with van der Waals surface area (Å²) in [4.78, 5) is 30.4. The topological polar surface area (TPSA) is 75.5 Å². The van der Waals surface area contributed by atoms with Crippen LogP contribution in [0.25, 0.3) is 0 Å².